The molecule has 24 heavy (non-hydrogen) atoms. The van der Waals surface area contributed by atoms with E-state index in [1.165, 1.54) is 24.6 Å². The fourth-order valence-corrected chi connectivity index (χ4v) is 3.34. The smallest absolute Gasteiger partial charge is 0.225 e. The van der Waals surface area contributed by atoms with Gasteiger partial charge in [0.25, 0.3) is 0 Å². The number of carbonyl (C=O) groups excluding carboxylic acids is 1. The topological polar surface area (TPSA) is 65.8 Å². The van der Waals surface area contributed by atoms with Crippen molar-refractivity contribution in [2.24, 2.45) is 0 Å². The number of nitrogens with one attached hydrogen (secondary N) is 1. The van der Waals surface area contributed by atoms with E-state index in [1.54, 1.807) is 0 Å². The molecule has 0 saturated heterocycles. The fourth-order valence-electron chi connectivity index (χ4n) is 2.42. The van der Waals surface area contributed by atoms with Gasteiger partial charge in [-0.25, -0.2) is 4.98 Å². The lowest BCUT2D eigenvalue weighted by molar-refractivity contribution is -0.115. The van der Waals surface area contributed by atoms with E-state index in [0.717, 1.165) is 22.0 Å². The molecule has 1 aromatic carbocycles. The summed E-state index contributed by atoms with van der Waals surface area (Å²) in [5.74, 6) is 1.14. The van der Waals surface area contributed by atoms with Gasteiger partial charge in [0.1, 0.15) is 11.1 Å². The molecular formula is C19H19N3OS. The number of hydrogen-bond donors (Lipinski definition) is 1. The van der Waals surface area contributed by atoms with Crippen molar-refractivity contribution >= 4 is 23.4 Å². The lowest BCUT2D eigenvalue weighted by Crippen LogP contribution is -2.13. The van der Waals surface area contributed by atoms with Crippen LogP contribution < -0.4 is 5.32 Å². The molecule has 1 aliphatic carbocycles. The van der Waals surface area contributed by atoms with Crippen molar-refractivity contribution in [3.63, 3.8) is 0 Å². The Bertz CT molecular complexity index is 793. The predicted molar refractivity (Wildman–Crippen MR) is 96.1 cm³/mol. The van der Waals surface area contributed by atoms with Crippen LogP contribution in [0.1, 0.15) is 42.0 Å². The second-order valence-corrected chi connectivity index (χ2v) is 7.02. The van der Waals surface area contributed by atoms with Crippen LogP contribution in [0.4, 0.5) is 5.69 Å². The van der Waals surface area contributed by atoms with E-state index in [-0.39, 0.29) is 5.91 Å². The van der Waals surface area contributed by atoms with Gasteiger partial charge in [0.15, 0.2) is 0 Å². The molecule has 0 atom stereocenters. The number of aromatic nitrogens is 1. The quantitative estimate of drug-likeness (QED) is 0.800. The minimum atomic E-state index is -0.0198. The Hall–Kier alpha value is -2.32. The summed E-state index contributed by atoms with van der Waals surface area (Å²) in [7, 11) is 0. The summed E-state index contributed by atoms with van der Waals surface area (Å²) in [6, 6.07) is 13.7. The first-order valence-electron chi connectivity index (χ1n) is 8.06. The molecule has 1 aromatic heterocycles. The Morgan fingerprint density at radius 1 is 1.33 bits per heavy atom. The third kappa shape index (κ3) is 4.15. The minimum absolute atomic E-state index is 0.0198. The highest BCUT2D eigenvalue weighted by Gasteiger charge is 2.25. The van der Waals surface area contributed by atoms with Gasteiger partial charge in [0.05, 0.1) is 5.56 Å². The highest BCUT2D eigenvalue weighted by atomic mass is 32.2. The van der Waals surface area contributed by atoms with E-state index in [2.05, 4.69) is 16.4 Å². The van der Waals surface area contributed by atoms with Crippen molar-refractivity contribution in [3.05, 3.63) is 53.2 Å². The Morgan fingerprint density at radius 3 is 2.83 bits per heavy atom. The molecule has 4 nitrogen and oxygen atoms in total. The largest absolute Gasteiger partial charge is 0.326 e. The average Bonchev–Trinajstić information content (AvgIpc) is 3.42. The summed E-state index contributed by atoms with van der Waals surface area (Å²) in [5, 5.41) is 12.9. The zero-order valence-corrected chi connectivity index (χ0v) is 14.4. The number of hydrogen-bond acceptors (Lipinski definition) is 4. The van der Waals surface area contributed by atoms with Crippen molar-refractivity contribution in [2.75, 3.05) is 11.1 Å². The van der Waals surface area contributed by atoms with E-state index in [0.29, 0.717) is 23.7 Å². The van der Waals surface area contributed by atoms with E-state index < -0.39 is 0 Å². The minimum Gasteiger partial charge on any atom is -0.326 e. The molecular weight excluding hydrogens is 318 g/mol. The Morgan fingerprint density at radius 2 is 2.12 bits per heavy atom. The third-order valence-electron chi connectivity index (χ3n) is 3.98. The standard InChI is InChI=1S/C19H19N3OS/c1-13-4-2-3-5-16(13)21-18(23)10-11-24-19-15(12-20)8-9-17(22-19)14-6-7-14/h2-5,8-9,14H,6-7,10-11H2,1H3,(H,21,23). The molecule has 1 N–H and O–H groups in total. The van der Waals surface area contributed by atoms with Crippen molar-refractivity contribution in [1.29, 1.82) is 5.26 Å². The van der Waals surface area contributed by atoms with Gasteiger partial charge in [-0.1, -0.05) is 18.2 Å². The van der Waals surface area contributed by atoms with Gasteiger partial charge in [-0.3, -0.25) is 4.79 Å². The number of amides is 1. The van der Waals surface area contributed by atoms with Gasteiger partial charge in [-0.15, -0.1) is 11.8 Å². The molecule has 5 heteroatoms. The van der Waals surface area contributed by atoms with Gasteiger partial charge in [0, 0.05) is 29.5 Å². The highest BCUT2D eigenvalue weighted by Crippen LogP contribution is 2.39. The zero-order valence-electron chi connectivity index (χ0n) is 13.6. The molecule has 0 unspecified atom stereocenters. The van der Waals surface area contributed by atoms with Crippen LogP contribution in [0.25, 0.3) is 0 Å². The third-order valence-corrected chi connectivity index (χ3v) is 4.98. The molecule has 1 saturated carbocycles. The molecule has 1 fully saturated rings. The lowest BCUT2D eigenvalue weighted by atomic mass is 10.2. The molecule has 0 spiro atoms. The molecule has 2 aromatic rings. The van der Waals surface area contributed by atoms with Gasteiger partial charge >= 0.3 is 0 Å². The summed E-state index contributed by atoms with van der Waals surface area (Å²) >= 11 is 1.48. The average molecular weight is 337 g/mol. The summed E-state index contributed by atoms with van der Waals surface area (Å²) in [5.41, 5.74) is 3.55. The van der Waals surface area contributed by atoms with E-state index in [9.17, 15) is 10.1 Å². The molecule has 0 radical (unpaired) electrons. The van der Waals surface area contributed by atoms with Gasteiger partial charge in [-0.2, -0.15) is 5.26 Å². The number of nitriles is 1. The van der Waals surface area contributed by atoms with E-state index >= 15 is 0 Å². The number of nitrogens with zero attached hydrogens (tertiary/aromatic N) is 2. The van der Waals surface area contributed by atoms with E-state index in [4.69, 9.17) is 0 Å². The van der Waals surface area contributed by atoms with Crippen LogP contribution in [0.3, 0.4) is 0 Å². The number of aryl methyl sites for hydroxylation is 1. The fraction of sp³-hybridized carbons (Fsp3) is 0.316. The van der Waals surface area contributed by atoms with Crippen LogP contribution in [-0.2, 0) is 4.79 Å². The first kappa shape index (κ1) is 16.5. The van der Waals surface area contributed by atoms with Gasteiger partial charge in [0.2, 0.25) is 5.91 Å². The molecule has 0 bridgehead atoms. The lowest BCUT2D eigenvalue weighted by Gasteiger charge is -2.08. The molecule has 3 rings (SSSR count). The number of thioether (sulfide) groups is 1. The highest BCUT2D eigenvalue weighted by molar-refractivity contribution is 7.99. The monoisotopic (exact) mass is 337 g/mol. The van der Waals surface area contributed by atoms with E-state index in [1.807, 2.05) is 43.3 Å². The number of pyridine rings is 1. The Kier molecular flexibility index (Phi) is 5.17. The van der Waals surface area contributed by atoms with Crippen LogP contribution in [0.2, 0.25) is 0 Å². The maximum atomic E-state index is 12.1. The number of rotatable bonds is 6. The first-order chi connectivity index (χ1) is 11.7. The molecule has 1 aliphatic rings. The molecule has 1 amide bonds. The van der Waals surface area contributed by atoms with Crippen molar-refractivity contribution in [1.82, 2.24) is 4.98 Å². The maximum Gasteiger partial charge on any atom is 0.225 e. The molecule has 1 heterocycles. The number of benzene rings is 1. The van der Waals surface area contributed by atoms with Crippen LogP contribution in [0, 0.1) is 18.3 Å². The zero-order chi connectivity index (χ0) is 16.9. The second kappa shape index (κ2) is 7.50. The van der Waals surface area contributed by atoms with Crippen molar-refractivity contribution in [2.45, 2.75) is 37.1 Å². The summed E-state index contributed by atoms with van der Waals surface area (Å²) in [6.07, 6.45) is 2.75. The summed E-state index contributed by atoms with van der Waals surface area (Å²) in [6.45, 7) is 1.97. The maximum absolute atomic E-state index is 12.1. The van der Waals surface area contributed by atoms with Crippen molar-refractivity contribution in [3.8, 4) is 6.07 Å². The van der Waals surface area contributed by atoms with Crippen LogP contribution in [0.15, 0.2) is 41.4 Å². The SMILES string of the molecule is Cc1ccccc1NC(=O)CCSc1nc(C2CC2)ccc1C#N. The first-order valence-corrected chi connectivity index (χ1v) is 9.05. The molecule has 0 aliphatic heterocycles. The number of anilines is 1. The summed E-state index contributed by atoms with van der Waals surface area (Å²) < 4.78 is 0. The predicted octanol–water partition coefficient (Wildman–Crippen LogP) is 4.26. The number of carbonyl (C=O) groups is 1. The van der Waals surface area contributed by atoms with Gasteiger partial charge in [-0.05, 0) is 43.5 Å². The van der Waals surface area contributed by atoms with Crippen LogP contribution in [0.5, 0.6) is 0 Å². The molecule has 122 valence electrons. The van der Waals surface area contributed by atoms with Crippen LogP contribution in [-0.4, -0.2) is 16.6 Å². The Labute approximate surface area is 146 Å². The second-order valence-electron chi connectivity index (χ2n) is 5.94. The van der Waals surface area contributed by atoms with Gasteiger partial charge < -0.3 is 5.32 Å². The van der Waals surface area contributed by atoms with Crippen molar-refractivity contribution < 1.29 is 4.79 Å². The normalized spacial score (nSPS) is 13.3. The summed E-state index contributed by atoms with van der Waals surface area (Å²) in [4.78, 5) is 16.7. The number of para-hydroxylation sites is 1. The Balaban J connectivity index is 1.56. The van der Waals surface area contributed by atoms with Crippen LogP contribution >= 0.6 is 11.8 Å².